The van der Waals surface area contributed by atoms with Crippen molar-refractivity contribution in [2.24, 2.45) is 0 Å². The molecule has 2 rings (SSSR count). The topological polar surface area (TPSA) is 24.9 Å². The van der Waals surface area contributed by atoms with Crippen LogP contribution in [0.3, 0.4) is 0 Å². The molecule has 0 saturated heterocycles. The molecular formula is C13H14N2. The Morgan fingerprint density at radius 1 is 0.933 bits per heavy atom. The van der Waals surface area contributed by atoms with Crippen LogP contribution in [0.25, 0.3) is 0 Å². The summed E-state index contributed by atoms with van der Waals surface area (Å²) in [4.78, 5) is 3.97. The summed E-state index contributed by atoms with van der Waals surface area (Å²) in [6.45, 7) is 2.16. The summed E-state index contributed by atoms with van der Waals surface area (Å²) in [5.74, 6) is 0. The zero-order valence-corrected chi connectivity index (χ0v) is 8.77. The average Bonchev–Trinajstić information content (AvgIpc) is 2.31. The number of nitrogens with one attached hydrogen (secondary N) is 1. The summed E-state index contributed by atoms with van der Waals surface area (Å²) in [6, 6.07) is 12.4. The number of nitrogens with zero attached hydrogens (tertiary/aromatic N) is 1. The van der Waals surface area contributed by atoms with Crippen LogP contribution < -0.4 is 5.32 Å². The third-order valence-electron chi connectivity index (χ3n) is 2.33. The van der Waals surface area contributed by atoms with Gasteiger partial charge in [0.05, 0.1) is 0 Å². The molecule has 15 heavy (non-hydrogen) atoms. The number of pyridine rings is 1. The molecule has 2 nitrogen and oxygen atoms in total. The number of benzene rings is 1. The Bertz CT molecular complexity index is 406. The number of hydrogen-bond donors (Lipinski definition) is 1. The van der Waals surface area contributed by atoms with Gasteiger partial charge in [0, 0.05) is 23.8 Å². The standard InChI is InChI=1S/C13H14N2/c1-2-11-3-5-12(6-4-11)15-13-7-9-14-10-8-13/h3-10H,2H2,1H3,(H,14,15). The van der Waals surface area contributed by atoms with Crippen molar-refractivity contribution >= 4 is 11.4 Å². The van der Waals surface area contributed by atoms with Gasteiger partial charge in [-0.15, -0.1) is 0 Å². The summed E-state index contributed by atoms with van der Waals surface area (Å²) in [5.41, 5.74) is 3.53. The second kappa shape index (κ2) is 4.60. The number of hydrogen-bond acceptors (Lipinski definition) is 2. The lowest BCUT2D eigenvalue weighted by molar-refractivity contribution is 1.14. The van der Waals surface area contributed by atoms with Gasteiger partial charge in [0.1, 0.15) is 0 Å². The lowest BCUT2D eigenvalue weighted by atomic mass is 10.1. The number of rotatable bonds is 3. The third kappa shape index (κ3) is 2.56. The fourth-order valence-corrected chi connectivity index (χ4v) is 1.43. The molecule has 1 heterocycles. The molecule has 0 atom stereocenters. The second-order valence-electron chi connectivity index (χ2n) is 3.41. The number of anilines is 2. The van der Waals surface area contributed by atoms with E-state index < -0.39 is 0 Å². The van der Waals surface area contributed by atoms with Gasteiger partial charge in [0.25, 0.3) is 0 Å². The zero-order chi connectivity index (χ0) is 10.5. The predicted octanol–water partition coefficient (Wildman–Crippen LogP) is 3.39. The van der Waals surface area contributed by atoms with Crippen molar-refractivity contribution in [2.75, 3.05) is 5.32 Å². The minimum atomic E-state index is 1.06. The summed E-state index contributed by atoms with van der Waals surface area (Å²) in [6.07, 6.45) is 4.64. The molecular weight excluding hydrogens is 184 g/mol. The van der Waals surface area contributed by atoms with E-state index >= 15 is 0 Å². The van der Waals surface area contributed by atoms with Crippen LogP contribution in [-0.2, 0) is 6.42 Å². The van der Waals surface area contributed by atoms with E-state index in [4.69, 9.17) is 0 Å². The van der Waals surface area contributed by atoms with Crippen LogP contribution >= 0.6 is 0 Å². The number of aromatic nitrogens is 1. The van der Waals surface area contributed by atoms with Crippen LogP contribution in [0.5, 0.6) is 0 Å². The molecule has 0 amide bonds. The van der Waals surface area contributed by atoms with E-state index in [1.165, 1.54) is 5.56 Å². The molecule has 0 saturated carbocycles. The summed E-state index contributed by atoms with van der Waals surface area (Å²) < 4.78 is 0. The minimum absolute atomic E-state index is 1.06. The van der Waals surface area contributed by atoms with Crippen LogP contribution in [0, 0.1) is 0 Å². The minimum Gasteiger partial charge on any atom is -0.355 e. The van der Waals surface area contributed by atoms with Gasteiger partial charge in [0.15, 0.2) is 0 Å². The summed E-state index contributed by atoms with van der Waals surface area (Å²) in [5, 5.41) is 3.32. The molecule has 0 radical (unpaired) electrons. The number of aryl methyl sites for hydroxylation is 1. The molecule has 0 aliphatic heterocycles. The smallest absolute Gasteiger partial charge is 0.0415 e. The molecule has 1 N–H and O–H groups in total. The summed E-state index contributed by atoms with van der Waals surface area (Å²) >= 11 is 0. The maximum absolute atomic E-state index is 3.97. The van der Waals surface area contributed by atoms with Crippen molar-refractivity contribution in [2.45, 2.75) is 13.3 Å². The van der Waals surface area contributed by atoms with E-state index in [-0.39, 0.29) is 0 Å². The molecule has 0 aliphatic rings. The molecule has 0 spiro atoms. The second-order valence-corrected chi connectivity index (χ2v) is 3.41. The fourth-order valence-electron chi connectivity index (χ4n) is 1.43. The highest BCUT2D eigenvalue weighted by atomic mass is 14.9. The van der Waals surface area contributed by atoms with Crippen molar-refractivity contribution in [1.82, 2.24) is 4.98 Å². The largest absolute Gasteiger partial charge is 0.355 e. The van der Waals surface area contributed by atoms with E-state index in [0.29, 0.717) is 0 Å². The van der Waals surface area contributed by atoms with Gasteiger partial charge in [-0.25, -0.2) is 0 Å². The molecule has 2 aromatic rings. The first kappa shape index (κ1) is 9.71. The normalized spacial score (nSPS) is 9.93. The molecule has 1 aromatic heterocycles. The van der Waals surface area contributed by atoms with Crippen molar-refractivity contribution in [3.05, 3.63) is 54.4 Å². The van der Waals surface area contributed by atoms with Crippen molar-refractivity contribution in [1.29, 1.82) is 0 Å². The van der Waals surface area contributed by atoms with E-state index in [0.717, 1.165) is 17.8 Å². The highest BCUT2D eigenvalue weighted by Gasteiger charge is 1.93. The molecule has 1 aromatic carbocycles. The maximum atomic E-state index is 3.97. The monoisotopic (exact) mass is 198 g/mol. The van der Waals surface area contributed by atoms with Gasteiger partial charge >= 0.3 is 0 Å². The molecule has 0 aliphatic carbocycles. The van der Waals surface area contributed by atoms with Crippen molar-refractivity contribution < 1.29 is 0 Å². The molecule has 76 valence electrons. The van der Waals surface area contributed by atoms with Gasteiger partial charge in [-0.3, -0.25) is 4.98 Å². The third-order valence-corrected chi connectivity index (χ3v) is 2.33. The average molecular weight is 198 g/mol. The van der Waals surface area contributed by atoms with E-state index in [1.807, 2.05) is 12.1 Å². The molecule has 0 bridgehead atoms. The maximum Gasteiger partial charge on any atom is 0.0415 e. The highest BCUT2D eigenvalue weighted by Crippen LogP contribution is 2.15. The Morgan fingerprint density at radius 2 is 1.53 bits per heavy atom. The van der Waals surface area contributed by atoms with Gasteiger partial charge in [-0.2, -0.15) is 0 Å². The first-order valence-corrected chi connectivity index (χ1v) is 5.14. The van der Waals surface area contributed by atoms with Gasteiger partial charge in [-0.05, 0) is 36.2 Å². The molecule has 0 unspecified atom stereocenters. The molecule has 0 fully saturated rings. The summed E-state index contributed by atoms with van der Waals surface area (Å²) in [7, 11) is 0. The lowest BCUT2D eigenvalue weighted by Crippen LogP contribution is -1.90. The SMILES string of the molecule is CCc1ccc(Nc2ccncc2)cc1. The zero-order valence-electron chi connectivity index (χ0n) is 8.77. The van der Waals surface area contributed by atoms with Gasteiger partial charge in [0.2, 0.25) is 0 Å². The van der Waals surface area contributed by atoms with Gasteiger partial charge < -0.3 is 5.32 Å². The Labute approximate surface area is 90.0 Å². The van der Waals surface area contributed by atoms with Crippen molar-refractivity contribution in [3.63, 3.8) is 0 Å². The molecule has 2 heteroatoms. The van der Waals surface area contributed by atoms with Crippen LogP contribution in [0.4, 0.5) is 11.4 Å². The first-order chi connectivity index (χ1) is 7.38. The van der Waals surface area contributed by atoms with Crippen LogP contribution in [-0.4, -0.2) is 4.98 Å². The quantitative estimate of drug-likeness (QED) is 0.817. The van der Waals surface area contributed by atoms with Crippen LogP contribution in [0.2, 0.25) is 0 Å². The Hall–Kier alpha value is -1.83. The van der Waals surface area contributed by atoms with Crippen molar-refractivity contribution in [3.8, 4) is 0 Å². The van der Waals surface area contributed by atoms with Gasteiger partial charge in [-0.1, -0.05) is 19.1 Å². The van der Waals surface area contributed by atoms with E-state index in [2.05, 4.69) is 41.5 Å². The first-order valence-electron chi connectivity index (χ1n) is 5.14. The van der Waals surface area contributed by atoms with Crippen LogP contribution in [0.15, 0.2) is 48.8 Å². The Kier molecular flexibility index (Phi) is 2.98. The highest BCUT2D eigenvalue weighted by molar-refractivity contribution is 5.58. The van der Waals surface area contributed by atoms with Crippen LogP contribution in [0.1, 0.15) is 12.5 Å². The Morgan fingerprint density at radius 3 is 2.13 bits per heavy atom. The predicted molar refractivity (Wildman–Crippen MR) is 63.3 cm³/mol. The van der Waals surface area contributed by atoms with E-state index in [1.54, 1.807) is 12.4 Å². The fraction of sp³-hybridized carbons (Fsp3) is 0.154. The Balaban J connectivity index is 2.11. The van der Waals surface area contributed by atoms with E-state index in [9.17, 15) is 0 Å². The lowest BCUT2D eigenvalue weighted by Gasteiger charge is -2.06.